The molecule has 2 unspecified atom stereocenters. The van der Waals surface area contributed by atoms with Gasteiger partial charge >= 0.3 is 5.97 Å². The molecule has 6 nitrogen and oxygen atoms in total. The van der Waals surface area contributed by atoms with Crippen LogP contribution in [-0.4, -0.2) is 56.3 Å². The topological polar surface area (TPSA) is 75.7 Å². The van der Waals surface area contributed by atoms with Crippen molar-refractivity contribution in [1.29, 1.82) is 0 Å². The molecule has 0 spiro atoms. The maximum Gasteiger partial charge on any atom is 0.323 e. The molecule has 2 fully saturated rings. The molecule has 7 heteroatoms. The zero-order chi connectivity index (χ0) is 14.0. The molecule has 0 aromatic heterocycles. The van der Waals surface area contributed by atoms with Crippen LogP contribution in [0.2, 0.25) is 0 Å². The molecule has 1 aliphatic carbocycles. The minimum Gasteiger partial charge on any atom is -0.465 e. The Hall–Kier alpha value is -0.660. The number of sulfonamides is 1. The van der Waals surface area contributed by atoms with Gasteiger partial charge in [-0.05, 0) is 33.1 Å². The zero-order valence-corrected chi connectivity index (χ0v) is 12.3. The third kappa shape index (κ3) is 3.67. The Morgan fingerprint density at radius 2 is 2.11 bits per heavy atom. The molecule has 1 heterocycles. The minimum absolute atomic E-state index is 0.140. The van der Waals surface area contributed by atoms with Gasteiger partial charge in [0.25, 0.3) is 0 Å². The molecule has 0 bridgehead atoms. The van der Waals surface area contributed by atoms with Gasteiger partial charge in [-0.3, -0.25) is 9.69 Å². The summed E-state index contributed by atoms with van der Waals surface area (Å²) >= 11 is 0. The number of nitrogens with zero attached hydrogens (tertiary/aromatic N) is 1. The molecule has 110 valence electrons. The fraction of sp³-hybridized carbons (Fsp3) is 0.917. The van der Waals surface area contributed by atoms with Crippen LogP contribution in [0.5, 0.6) is 0 Å². The molecule has 2 atom stereocenters. The van der Waals surface area contributed by atoms with Gasteiger partial charge in [-0.25, -0.2) is 13.1 Å². The minimum atomic E-state index is -3.24. The van der Waals surface area contributed by atoms with Crippen molar-refractivity contribution in [2.24, 2.45) is 0 Å². The molecule has 1 N–H and O–H groups in total. The molecule has 0 radical (unpaired) electrons. The third-order valence-electron chi connectivity index (χ3n) is 3.70. The summed E-state index contributed by atoms with van der Waals surface area (Å²) in [5.74, 6) is -0.282. The van der Waals surface area contributed by atoms with Crippen molar-refractivity contribution in [2.75, 3.05) is 19.7 Å². The number of likely N-dealkylation sites (tertiary alicyclic amines) is 1. The van der Waals surface area contributed by atoms with Crippen LogP contribution in [0, 0.1) is 0 Å². The Labute approximate surface area is 114 Å². The lowest BCUT2D eigenvalue weighted by Gasteiger charge is -2.22. The quantitative estimate of drug-likeness (QED) is 0.702. The van der Waals surface area contributed by atoms with E-state index < -0.39 is 15.3 Å². The molecule has 2 aliphatic rings. The lowest BCUT2D eigenvalue weighted by Crippen LogP contribution is -2.42. The van der Waals surface area contributed by atoms with E-state index in [2.05, 4.69) is 4.72 Å². The molecule has 2 rings (SSSR count). The number of nitrogens with one attached hydrogen (secondary N) is 1. The molecule has 0 aromatic rings. The van der Waals surface area contributed by atoms with Crippen LogP contribution in [0.3, 0.4) is 0 Å². The number of hydrogen-bond acceptors (Lipinski definition) is 5. The first kappa shape index (κ1) is 14.7. The molecule has 0 aromatic carbocycles. The van der Waals surface area contributed by atoms with Gasteiger partial charge in [0.05, 0.1) is 11.9 Å². The maximum atomic E-state index is 12.1. The first-order valence-electron chi connectivity index (χ1n) is 6.86. The van der Waals surface area contributed by atoms with Gasteiger partial charge in [-0.1, -0.05) is 0 Å². The average Bonchev–Trinajstić information content (AvgIpc) is 2.99. The number of rotatable bonds is 6. The second-order valence-electron chi connectivity index (χ2n) is 5.27. The van der Waals surface area contributed by atoms with Crippen LogP contribution in [0.1, 0.15) is 33.1 Å². The van der Waals surface area contributed by atoms with Gasteiger partial charge in [0, 0.05) is 19.1 Å². The third-order valence-corrected chi connectivity index (χ3v) is 5.62. The van der Waals surface area contributed by atoms with Gasteiger partial charge in [0.15, 0.2) is 0 Å². The molecular weight excluding hydrogens is 268 g/mol. The van der Waals surface area contributed by atoms with Crippen molar-refractivity contribution in [3.05, 3.63) is 0 Å². The maximum absolute atomic E-state index is 12.1. The van der Waals surface area contributed by atoms with Crippen LogP contribution in [0.4, 0.5) is 0 Å². The SMILES string of the molecule is CCOC(=O)C(C)N1CCC(S(=O)(=O)NC2CC2)C1. The van der Waals surface area contributed by atoms with Crippen LogP contribution >= 0.6 is 0 Å². The predicted molar refractivity (Wildman–Crippen MR) is 71.2 cm³/mol. The Bertz CT molecular complexity index is 433. The van der Waals surface area contributed by atoms with Gasteiger partial charge in [0.1, 0.15) is 6.04 Å². The van der Waals surface area contributed by atoms with Crippen LogP contribution in [0.25, 0.3) is 0 Å². The van der Waals surface area contributed by atoms with Gasteiger partial charge in [-0.15, -0.1) is 0 Å². The molecule has 0 amide bonds. The number of ether oxygens (including phenoxy) is 1. The summed E-state index contributed by atoms with van der Waals surface area (Å²) in [5, 5.41) is -0.412. The van der Waals surface area contributed by atoms with Crippen molar-refractivity contribution < 1.29 is 17.9 Å². The van der Waals surface area contributed by atoms with Crippen LogP contribution < -0.4 is 4.72 Å². The van der Waals surface area contributed by atoms with Crippen molar-refractivity contribution in [1.82, 2.24) is 9.62 Å². The van der Waals surface area contributed by atoms with E-state index in [0.717, 1.165) is 12.8 Å². The largest absolute Gasteiger partial charge is 0.465 e. The number of esters is 1. The summed E-state index contributed by atoms with van der Waals surface area (Å²) in [7, 11) is -3.24. The fourth-order valence-electron chi connectivity index (χ4n) is 2.30. The Kier molecular flexibility index (Phi) is 4.47. The second kappa shape index (κ2) is 5.76. The highest BCUT2D eigenvalue weighted by Crippen LogP contribution is 2.24. The van der Waals surface area contributed by atoms with E-state index in [1.807, 2.05) is 4.90 Å². The van der Waals surface area contributed by atoms with E-state index in [0.29, 0.717) is 26.1 Å². The monoisotopic (exact) mass is 290 g/mol. The molecule has 1 aliphatic heterocycles. The van der Waals surface area contributed by atoms with Crippen LogP contribution in [0.15, 0.2) is 0 Å². The molecule has 19 heavy (non-hydrogen) atoms. The smallest absolute Gasteiger partial charge is 0.323 e. The van der Waals surface area contributed by atoms with Crippen molar-refractivity contribution in [3.8, 4) is 0 Å². The number of hydrogen-bond donors (Lipinski definition) is 1. The molecular formula is C12H22N2O4S. The van der Waals surface area contributed by atoms with Crippen LogP contribution in [-0.2, 0) is 19.6 Å². The van der Waals surface area contributed by atoms with E-state index in [9.17, 15) is 13.2 Å². The summed E-state index contributed by atoms with van der Waals surface area (Å²) in [4.78, 5) is 13.5. The van der Waals surface area contributed by atoms with E-state index in [-0.39, 0.29) is 18.1 Å². The highest BCUT2D eigenvalue weighted by molar-refractivity contribution is 7.90. The highest BCUT2D eigenvalue weighted by Gasteiger charge is 2.39. The highest BCUT2D eigenvalue weighted by atomic mass is 32.2. The van der Waals surface area contributed by atoms with E-state index in [1.54, 1.807) is 13.8 Å². The predicted octanol–water partition coefficient (Wildman–Crippen LogP) is 0.0941. The normalized spacial score (nSPS) is 26.3. The lowest BCUT2D eigenvalue weighted by molar-refractivity contribution is -0.148. The fourth-order valence-corrected chi connectivity index (χ4v) is 4.00. The first-order chi connectivity index (χ1) is 8.94. The molecule has 1 saturated heterocycles. The second-order valence-corrected chi connectivity index (χ2v) is 7.26. The summed E-state index contributed by atoms with van der Waals surface area (Å²) in [5.41, 5.74) is 0. The van der Waals surface area contributed by atoms with Gasteiger partial charge in [-0.2, -0.15) is 0 Å². The van der Waals surface area contributed by atoms with E-state index >= 15 is 0 Å². The van der Waals surface area contributed by atoms with Crippen molar-refractivity contribution in [2.45, 2.75) is 50.4 Å². The van der Waals surface area contributed by atoms with Crippen molar-refractivity contribution >= 4 is 16.0 Å². The first-order valence-corrected chi connectivity index (χ1v) is 8.40. The zero-order valence-electron chi connectivity index (χ0n) is 11.5. The standard InChI is InChI=1S/C12H22N2O4S/c1-3-18-12(15)9(2)14-7-6-11(8-14)19(16,17)13-10-4-5-10/h9-11,13H,3-8H2,1-2H3. The molecule has 1 saturated carbocycles. The average molecular weight is 290 g/mol. The van der Waals surface area contributed by atoms with Gasteiger partial charge in [0.2, 0.25) is 10.0 Å². The Morgan fingerprint density at radius 1 is 1.42 bits per heavy atom. The summed E-state index contributed by atoms with van der Waals surface area (Å²) in [6.45, 7) is 4.91. The van der Waals surface area contributed by atoms with E-state index in [4.69, 9.17) is 4.74 Å². The summed E-state index contributed by atoms with van der Waals surface area (Å²) in [6.07, 6.45) is 2.45. The van der Waals surface area contributed by atoms with Crippen molar-refractivity contribution in [3.63, 3.8) is 0 Å². The Morgan fingerprint density at radius 3 is 2.68 bits per heavy atom. The summed E-state index contributed by atoms with van der Waals surface area (Å²) in [6, 6.07) is -0.234. The summed E-state index contributed by atoms with van der Waals surface area (Å²) < 4.78 is 31.9. The lowest BCUT2D eigenvalue weighted by atomic mass is 10.3. The van der Waals surface area contributed by atoms with Gasteiger partial charge < -0.3 is 4.74 Å². The van der Waals surface area contributed by atoms with E-state index in [1.165, 1.54) is 0 Å². The number of carbonyl (C=O) groups excluding carboxylic acids is 1. The Balaban J connectivity index is 1.90. The number of carbonyl (C=O) groups is 1.